The van der Waals surface area contributed by atoms with Gasteiger partial charge in [-0.05, 0) is 55.0 Å². The Labute approximate surface area is 176 Å². The predicted octanol–water partition coefficient (Wildman–Crippen LogP) is 2.91. The first-order valence-corrected chi connectivity index (χ1v) is 10.9. The van der Waals surface area contributed by atoms with Crippen molar-refractivity contribution in [3.05, 3.63) is 54.1 Å². The lowest BCUT2D eigenvalue weighted by Crippen LogP contribution is -2.27. The second kappa shape index (κ2) is 10.6. The number of likely N-dealkylation sites (N-methyl/N-ethyl adjacent to an activating group) is 1. The molecule has 8 nitrogen and oxygen atoms in total. The Kier molecular flexibility index (Phi) is 8.23. The Morgan fingerprint density at radius 1 is 1.00 bits per heavy atom. The van der Waals surface area contributed by atoms with Gasteiger partial charge in [0.25, 0.3) is 15.9 Å². The number of sulfonamides is 1. The highest BCUT2D eigenvalue weighted by atomic mass is 32.2. The molecule has 9 heteroatoms. The molecule has 0 radical (unpaired) electrons. The first-order valence-electron chi connectivity index (χ1n) is 9.46. The topological polar surface area (TPSA) is 102 Å². The second-order valence-electron chi connectivity index (χ2n) is 6.72. The fourth-order valence-electron chi connectivity index (χ4n) is 2.27. The molecule has 0 atom stereocenters. The molecule has 0 aliphatic heterocycles. The molecule has 0 aromatic heterocycles. The lowest BCUT2D eigenvalue weighted by molar-refractivity contribution is -0.130. The standard InChI is InChI=1S/C21H26N2O6S/c1-4-5-14-28-21(25)16-6-8-17(9-7-16)22-30(26,27)19-12-10-18(11-13-19)29-15-20(24)23(2)3/h6-13,22H,4-5,14-15H2,1-3H3. The number of unbranched alkanes of at least 4 members (excludes halogenated alkanes) is 1. The van der Waals surface area contributed by atoms with E-state index in [0.29, 0.717) is 23.6 Å². The van der Waals surface area contributed by atoms with E-state index in [0.717, 1.165) is 12.8 Å². The van der Waals surface area contributed by atoms with E-state index in [1.165, 1.54) is 53.4 Å². The summed E-state index contributed by atoms with van der Waals surface area (Å²) < 4.78 is 38.0. The molecule has 2 aromatic rings. The van der Waals surface area contributed by atoms with E-state index in [1.54, 1.807) is 14.1 Å². The van der Waals surface area contributed by atoms with Crippen molar-refractivity contribution >= 4 is 27.6 Å². The molecule has 0 unspecified atom stereocenters. The van der Waals surface area contributed by atoms with E-state index in [4.69, 9.17) is 9.47 Å². The Hall–Kier alpha value is -3.07. The number of anilines is 1. The van der Waals surface area contributed by atoms with Crippen molar-refractivity contribution in [3.63, 3.8) is 0 Å². The third-order valence-electron chi connectivity index (χ3n) is 4.10. The maximum absolute atomic E-state index is 12.6. The van der Waals surface area contributed by atoms with Crippen LogP contribution in [0, 0.1) is 0 Å². The zero-order chi connectivity index (χ0) is 22.1. The van der Waals surface area contributed by atoms with E-state index >= 15 is 0 Å². The van der Waals surface area contributed by atoms with Gasteiger partial charge >= 0.3 is 5.97 Å². The van der Waals surface area contributed by atoms with Crippen LogP contribution in [0.2, 0.25) is 0 Å². The zero-order valence-electron chi connectivity index (χ0n) is 17.3. The molecule has 0 saturated heterocycles. The van der Waals surface area contributed by atoms with Gasteiger partial charge in [0, 0.05) is 19.8 Å². The van der Waals surface area contributed by atoms with Gasteiger partial charge in [-0.1, -0.05) is 13.3 Å². The molecule has 2 rings (SSSR count). The molecule has 0 aliphatic carbocycles. The number of esters is 1. The van der Waals surface area contributed by atoms with Crippen LogP contribution in [-0.4, -0.2) is 52.5 Å². The maximum Gasteiger partial charge on any atom is 0.338 e. The van der Waals surface area contributed by atoms with Gasteiger partial charge in [-0.15, -0.1) is 0 Å². The lowest BCUT2D eigenvalue weighted by atomic mass is 10.2. The van der Waals surface area contributed by atoms with Gasteiger partial charge in [0.15, 0.2) is 6.61 Å². The molecule has 1 amide bonds. The number of hydrogen-bond donors (Lipinski definition) is 1. The molecular formula is C21H26N2O6S. The summed E-state index contributed by atoms with van der Waals surface area (Å²) in [6, 6.07) is 11.7. The summed E-state index contributed by atoms with van der Waals surface area (Å²) in [4.78, 5) is 24.9. The average molecular weight is 435 g/mol. The molecule has 0 bridgehead atoms. The third-order valence-corrected chi connectivity index (χ3v) is 5.50. The minimum atomic E-state index is -3.82. The van der Waals surface area contributed by atoms with Crippen molar-refractivity contribution in [1.82, 2.24) is 4.90 Å². The highest BCUT2D eigenvalue weighted by Crippen LogP contribution is 2.20. The summed E-state index contributed by atoms with van der Waals surface area (Å²) in [6.07, 6.45) is 1.72. The molecule has 0 heterocycles. The molecule has 0 aliphatic rings. The zero-order valence-corrected chi connectivity index (χ0v) is 18.1. The molecule has 0 fully saturated rings. The maximum atomic E-state index is 12.6. The second-order valence-corrected chi connectivity index (χ2v) is 8.40. The Morgan fingerprint density at radius 2 is 1.63 bits per heavy atom. The van der Waals surface area contributed by atoms with E-state index < -0.39 is 16.0 Å². The van der Waals surface area contributed by atoms with Gasteiger partial charge in [-0.2, -0.15) is 0 Å². The van der Waals surface area contributed by atoms with Gasteiger partial charge in [0.2, 0.25) is 0 Å². The van der Waals surface area contributed by atoms with Crippen molar-refractivity contribution in [1.29, 1.82) is 0 Å². The quantitative estimate of drug-likeness (QED) is 0.456. The predicted molar refractivity (Wildman–Crippen MR) is 113 cm³/mol. The van der Waals surface area contributed by atoms with Crippen LogP contribution in [-0.2, 0) is 19.6 Å². The van der Waals surface area contributed by atoms with Crippen LogP contribution in [0.15, 0.2) is 53.4 Å². The molecule has 30 heavy (non-hydrogen) atoms. The third kappa shape index (κ3) is 6.77. The first kappa shape index (κ1) is 23.2. The first-order chi connectivity index (χ1) is 14.2. The number of hydrogen-bond acceptors (Lipinski definition) is 6. The summed E-state index contributed by atoms with van der Waals surface area (Å²) in [5, 5.41) is 0. The van der Waals surface area contributed by atoms with Crippen LogP contribution in [0.5, 0.6) is 5.75 Å². The van der Waals surface area contributed by atoms with Crippen molar-refractivity contribution in [2.45, 2.75) is 24.7 Å². The summed E-state index contributed by atoms with van der Waals surface area (Å²) >= 11 is 0. The fourth-order valence-corrected chi connectivity index (χ4v) is 3.33. The van der Waals surface area contributed by atoms with Gasteiger partial charge in [-0.25, -0.2) is 13.2 Å². The summed E-state index contributed by atoms with van der Waals surface area (Å²) in [7, 11) is -0.582. The van der Waals surface area contributed by atoms with Crippen LogP contribution in [0.4, 0.5) is 5.69 Å². The van der Waals surface area contributed by atoms with Crippen LogP contribution < -0.4 is 9.46 Å². The minimum Gasteiger partial charge on any atom is -0.484 e. The van der Waals surface area contributed by atoms with E-state index in [9.17, 15) is 18.0 Å². The van der Waals surface area contributed by atoms with E-state index in [-0.39, 0.29) is 17.4 Å². The van der Waals surface area contributed by atoms with Gasteiger partial charge in [0.1, 0.15) is 5.75 Å². The number of carbonyl (C=O) groups excluding carboxylic acids is 2. The highest BCUT2D eigenvalue weighted by Gasteiger charge is 2.15. The molecule has 162 valence electrons. The van der Waals surface area contributed by atoms with Gasteiger partial charge in [0.05, 0.1) is 17.1 Å². The van der Waals surface area contributed by atoms with Crippen molar-refractivity contribution < 1.29 is 27.5 Å². The van der Waals surface area contributed by atoms with Crippen molar-refractivity contribution in [3.8, 4) is 5.75 Å². The average Bonchev–Trinajstić information content (AvgIpc) is 2.72. The Morgan fingerprint density at radius 3 is 2.20 bits per heavy atom. The number of benzene rings is 2. The van der Waals surface area contributed by atoms with Crippen LogP contribution in [0.1, 0.15) is 30.1 Å². The number of rotatable bonds is 10. The molecule has 0 spiro atoms. The molecule has 1 N–H and O–H groups in total. The Balaban J connectivity index is 1.99. The smallest absolute Gasteiger partial charge is 0.338 e. The number of ether oxygens (including phenoxy) is 2. The number of nitrogens with one attached hydrogen (secondary N) is 1. The lowest BCUT2D eigenvalue weighted by Gasteiger charge is -2.12. The number of carbonyl (C=O) groups is 2. The summed E-state index contributed by atoms with van der Waals surface area (Å²) in [5.41, 5.74) is 0.667. The summed E-state index contributed by atoms with van der Waals surface area (Å²) in [5.74, 6) is -0.262. The van der Waals surface area contributed by atoms with Crippen LogP contribution in [0.3, 0.4) is 0 Å². The SMILES string of the molecule is CCCCOC(=O)c1ccc(NS(=O)(=O)c2ccc(OCC(=O)N(C)C)cc2)cc1. The van der Waals surface area contributed by atoms with Crippen LogP contribution in [0.25, 0.3) is 0 Å². The highest BCUT2D eigenvalue weighted by molar-refractivity contribution is 7.92. The molecular weight excluding hydrogens is 408 g/mol. The number of nitrogens with zero attached hydrogens (tertiary/aromatic N) is 1. The van der Waals surface area contributed by atoms with Crippen LogP contribution >= 0.6 is 0 Å². The largest absolute Gasteiger partial charge is 0.484 e. The Bertz CT molecular complexity index is 954. The minimum absolute atomic E-state index is 0.0387. The summed E-state index contributed by atoms with van der Waals surface area (Å²) in [6.45, 7) is 2.22. The molecule has 0 saturated carbocycles. The van der Waals surface area contributed by atoms with Crippen molar-refractivity contribution in [2.24, 2.45) is 0 Å². The molecule has 2 aromatic carbocycles. The van der Waals surface area contributed by atoms with E-state index in [1.807, 2.05) is 6.92 Å². The van der Waals surface area contributed by atoms with E-state index in [2.05, 4.69) is 4.72 Å². The van der Waals surface area contributed by atoms with Gasteiger partial charge in [-0.3, -0.25) is 9.52 Å². The fraction of sp³-hybridized carbons (Fsp3) is 0.333. The normalized spacial score (nSPS) is 10.9. The number of amides is 1. The van der Waals surface area contributed by atoms with Crippen molar-refractivity contribution in [2.75, 3.05) is 32.0 Å². The monoisotopic (exact) mass is 434 g/mol. The van der Waals surface area contributed by atoms with Gasteiger partial charge < -0.3 is 14.4 Å².